The molecule has 0 N–H and O–H groups in total. The molecule has 0 aliphatic heterocycles. The molecule has 0 saturated heterocycles. The standard InChI is InChI=1S/C50H30O/c1-2-16-34-30-45(44(29-33(34)15-1)42-25-12-26-46-49(42)43-28-27-32-14-4-6-19-36(32)50(43)51-46)48-40-22-9-7-20-38(40)47(39-21-8-10-23-41(39)48)37-24-11-17-31-13-3-5-18-35(31)37/h1-30H/i3D,5D,7D,8D,9D,10D,11D,13D,17D,18D,20D,21D,22D,23D,24D. The first kappa shape index (κ1) is 17.3. The third-order valence-electron chi connectivity index (χ3n) is 9.77. The molecule has 0 atom stereocenters. The predicted octanol–water partition coefficient (Wildman–Crippen LogP) is 14.4. The Morgan fingerprint density at radius 1 is 0.353 bits per heavy atom. The van der Waals surface area contributed by atoms with E-state index in [2.05, 4.69) is 0 Å². The largest absolute Gasteiger partial charge is 0.455 e. The van der Waals surface area contributed by atoms with Gasteiger partial charge >= 0.3 is 0 Å². The fourth-order valence-corrected chi connectivity index (χ4v) is 7.59. The highest BCUT2D eigenvalue weighted by Crippen LogP contribution is 2.49. The van der Waals surface area contributed by atoms with Crippen LogP contribution in [-0.4, -0.2) is 0 Å². The van der Waals surface area contributed by atoms with Crippen molar-refractivity contribution in [3.8, 4) is 33.4 Å². The van der Waals surface area contributed by atoms with E-state index in [4.69, 9.17) is 18.1 Å². The van der Waals surface area contributed by atoms with Crippen molar-refractivity contribution < 1.29 is 25.0 Å². The summed E-state index contributed by atoms with van der Waals surface area (Å²) in [5.41, 5.74) is 1.89. The lowest BCUT2D eigenvalue weighted by molar-refractivity contribution is 0.673. The van der Waals surface area contributed by atoms with Crippen molar-refractivity contribution in [1.29, 1.82) is 0 Å². The second kappa shape index (κ2) is 10.9. The first-order valence-electron chi connectivity index (χ1n) is 23.9. The molecule has 11 aromatic rings. The SMILES string of the molecule is [2H]c1c([2H])c([2H])c2c(-c3c4c([2H])c([2H])c([2H])c([2H])c4c(-c4cc5ccccc5cc4-c4cccc5oc6c7ccccc7ccc6c45)c4c([2H])c([2H])c([2H])c([2H])c34)c([2H])c([2H])c([2H])c2c1[2H]. The fraction of sp³-hybridized carbons (Fsp3) is 0. The summed E-state index contributed by atoms with van der Waals surface area (Å²) in [6.07, 6.45) is 0. The van der Waals surface area contributed by atoms with Gasteiger partial charge in [-0.3, -0.25) is 0 Å². The maximum atomic E-state index is 9.70. The Balaban J connectivity index is 1.44. The molecule has 51 heavy (non-hydrogen) atoms. The molecule has 1 heteroatoms. The average molecular weight is 662 g/mol. The molecule has 1 heterocycles. The normalized spacial score (nSPS) is 16.0. The topological polar surface area (TPSA) is 13.1 Å². The first-order chi connectivity index (χ1) is 31.5. The Labute approximate surface area is 315 Å². The molecule has 0 aliphatic rings. The van der Waals surface area contributed by atoms with Crippen LogP contribution in [0.3, 0.4) is 0 Å². The summed E-state index contributed by atoms with van der Waals surface area (Å²) in [5.74, 6) is 0. The average Bonchev–Trinajstić information content (AvgIpc) is 3.72. The number of fused-ring (bicyclic) bond motifs is 9. The number of furan rings is 1. The molecule has 10 aromatic carbocycles. The fourth-order valence-electron chi connectivity index (χ4n) is 7.59. The van der Waals surface area contributed by atoms with Gasteiger partial charge in [-0.25, -0.2) is 0 Å². The maximum absolute atomic E-state index is 9.70. The van der Waals surface area contributed by atoms with Crippen molar-refractivity contribution in [3.05, 3.63) is 182 Å². The van der Waals surface area contributed by atoms with E-state index < -0.39 is 107 Å². The van der Waals surface area contributed by atoms with E-state index in [9.17, 15) is 6.85 Å². The van der Waals surface area contributed by atoms with Gasteiger partial charge in [-0.2, -0.15) is 0 Å². The van der Waals surface area contributed by atoms with Crippen LogP contribution in [0.15, 0.2) is 186 Å². The van der Waals surface area contributed by atoms with Gasteiger partial charge < -0.3 is 4.42 Å². The van der Waals surface area contributed by atoms with E-state index in [1.165, 1.54) is 0 Å². The molecule has 0 spiro atoms. The van der Waals surface area contributed by atoms with Gasteiger partial charge in [0.15, 0.2) is 0 Å². The highest BCUT2D eigenvalue weighted by atomic mass is 16.3. The van der Waals surface area contributed by atoms with Crippen molar-refractivity contribution in [2.45, 2.75) is 0 Å². The minimum absolute atomic E-state index is 0.0136. The Morgan fingerprint density at radius 2 is 0.941 bits per heavy atom. The quantitative estimate of drug-likeness (QED) is 0.172. The molecular formula is C50H30O. The van der Waals surface area contributed by atoms with Crippen LogP contribution in [0.5, 0.6) is 0 Å². The second-order valence-corrected chi connectivity index (χ2v) is 12.4. The summed E-state index contributed by atoms with van der Waals surface area (Å²) in [7, 11) is 0. The first-order valence-corrected chi connectivity index (χ1v) is 16.4. The number of benzene rings is 10. The molecule has 0 bridgehead atoms. The van der Waals surface area contributed by atoms with E-state index in [0.29, 0.717) is 33.2 Å². The molecule has 11 rings (SSSR count). The maximum Gasteiger partial charge on any atom is 0.143 e. The van der Waals surface area contributed by atoms with Gasteiger partial charge in [0.1, 0.15) is 11.2 Å². The van der Waals surface area contributed by atoms with Gasteiger partial charge in [0, 0.05) is 16.2 Å². The van der Waals surface area contributed by atoms with Crippen molar-refractivity contribution in [1.82, 2.24) is 0 Å². The third-order valence-corrected chi connectivity index (χ3v) is 9.77. The summed E-state index contributed by atoms with van der Waals surface area (Å²) in [4.78, 5) is 0. The number of rotatable bonds is 3. The molecule has 0 aliphatic carbocycles. The Kier molecular flexibility index (Phi) is 3.70. The van der Waals surface area contributed by atoms with Crippen LogP contribution in [0.4, 0.5) is 0 Å². The number of hydrogen-bond donors (Lipinski definition) is 0. The van der Waals surface area contributed by atoms with Gasteiger partial charge in [0.2, 0.25) is 0 Å². The summed E-state index contributed by atoms with van der Waals surface area (Å²) in [5, 5.41) is 2.97. The van der Waals surface area contributed by atoms with Crippen LogP contribution in [0.1, 0.15) is 20.6 Å². The zero-order chi connectivity index (χ0) is 46.5. The monoisotopic (exact) mass is 661 g/mol. The summed E-state index contributed by atoms with van der Waals surface area (Å²) in [6, 6.07) is 18.3. The molecule has 0 fully saturated rings. The zero-order valence-corrected chi connectivity index (χ0v) is 26.6. The van der Waals surface area contributed by atoms with E-state index >= 15 is 0 Å². The summed E-state index contributed by atoms with van der Waals surface area (Å²) in [6.45, 7) is 0. The lowest BCUT2D eigenvalue weighted by Gasteiger charge is -2.21. The summed E-state index contributed by atoms with van der Waals surface area (Å²) >= 11 is 0. The van der Waals surface area contributed by atoms with E-state index in [0.717, 1.165) is 26.9 Å². The van der Waals surface area contributed by atoms with Gasteiger partial charge in [-0.05, 0) is 106 Å². The van der Waals surface area contributed by atoms with Gasteiger partial charge in [-0.1, -0.05) is 157 Å². The van der Waals surface area contributed by atoms with Crippen molar-refractivity contribution >= 4 is 75.8 Å². The smallest absolute Gasteiger partial charge is 0.143 e. The third kappa shape index (κ3) is 4.16. The van der Waals surface area contributed by atoms with E-state index in [-0.39, 0.29) is 32.7 Å². The van der Waals surface area contributed by atoms with E-state index in [1.807, 2.05) is 91.0 Å². The molecule has 0 amide bonds. The minimum Gasteiger partial charge on any atom is -0.455 e. The zero-order valence-electron chi connectivity index (χ0n) is 41.6. The molecule has 1 nitrogen and oxygen atoms in total. The highest BCUT2D eigenvalue weighted by molar-refractivity contribution is 6.26. The van der Waals surface area contributed by atoms with Crippen LogP contribution in [-0.2, 0) is 0 Å². The van der Waals surface area contributed by atoms with E-state index in [1.54, 1.807) is 0 Å². The minimum atomic E-state index is -0.764. The molecule has 236 valence electrons. The Bertz CT molecular complexity index is 3970. The van der Waals surface area contributed by atoms with Crippen molar-refractivity contribution in [3.63, 3.8) is 0 Å². The van der Waals surface area contributed by atoms with Crippen LogP contribution in [0.2, 0.25) is 0 Å². The molecule has 0 radical (unpaired) electrons. The van der Waals surface area contributed by atoms with Crippen molar-refractivity contribution in [2.24, 2.45) is 0 Å². The van der Waals surface area contributed by atoms with Crippen LogP contribution in [0, 0.1) is 0 Å². The van der Waals surface area contributed by atoms with Gasteiger partial charge in [0.05, 0.1) is 20.6 Å². The van der Waals surface area contributed by atoms with Crippen LogP contribution >= 0.6 is 0 Å². The van der Waals surface area contributed by atoms with Crippen LogP contribution in [0.25, 0.3) is 109 Å². The lowest BCUT2D eigenvalue weighted by atomic mass is 9.82. The van der Waals surface area contributed by atoms with Crippen LogP contribution < -0.4 is 0 Å². The van der Waals surface area contributed by atoms with Crippen molar-refractivity contribution in [2.75, 3.05) is 0 Å². The molecular weight excluding hydrogens is 617 g/mol. The Hall–Kier alpha value is -6.70. The highest BCUT2D eigenvalue weighted by Gasteiger charge is 2.22. The second-order valence-electron chi connectivity index (χ2n) is 12.4. The van der Waals surface area contributed by atoms with Gasteiger partial charge in [0.25, 0.3) is 0 Å². The Morgan fingerprint density at radius 3 is 1.67 bits per heavy atom. The number of hydrogen-bond acceptors (Lipinski definition) is 1. The lowest BCUT2D eigenvalue weighted by Crippen LogP contribution is -1.94. The van der Waals surface area contributed by atoms with Gasteiger partial charge in [-0.15, -0.1) is 0 Å². The predicted molar refractivity (Wildman–Crippen MR) is 218 cm³/mol. The molecule has 1 aromatic heterocycles. The molecule has 0 saturated carbocycles. The molecule has 0 unspecified atom stereocenters. The summed E-state index contributed by atoms with van der Waals surface area (Å²) < 4.78 is 144.